The van der Waals surface area contributed by atoms with Gasteiger partial charge in [0.25, 0.3) is 0 Å². The maximum atomic E-state index is 10.6. The first-order valence-electron chi connectivity index (χ1n) is 11.7. The van der Waals surface area contributed by atoms with Crippen LogP contribution in [0.15, 0.2) is 54.7 Å². The average molecular weight is 471 g/mol. The molecule has 3 rings (SSSR count). The van der Waals surface area contributed by atoms with Gasteiger partial charge >= 0.3 is 8.25 Å². The number of aryl methyl sites for hydroxylation is 2. The average Bonchev–Trinajstić information content (AvgIpc) is 2.84. The molecule has 1 heterocycles. The molecule has 0 saturated heterocycles. The number of aromatic nitrogens is 1. The maximum Gasteiger partial charge on any atom is 0.316 e. The first-order chi connectivity index (χ1) is 16.2. The number of unbranched alkanes of at least 4 members (excludes halogenated alkanes) is 3. The van der Waals surface area contributed by atoms with Crippen molar-refractivity contribution in [3.8, 4) is 5.75 Å². The van der Waals surface area contributed by atoms with Crippen LogP contribution in [0.5, 0.6) is 5.75 Å². The Labute approximate surface area is 197 Å². The Morgan fingerprint density at radius 3 is 2.61 bits per heavy atom. The van der Waals surface area contributed by atoms with Gasteiger partial charge in [-0.2, -0.15) is 0 Å². The van der Waals surface area contributed by atoms with E-state index in [4.69, 9.17) is 14.2 Å². The highest BCUT2D eigenvalue weighted by atomic mass is 31.1. The van der Waals surface area contributed by atoms with Crippen molar-refractivity contribution in [1.29, 1.82) is 0 Å². The summed E-state index contributed by atoms with van der Waals surface area (Å²) in [5, 5.41) is 4.61. The van der Waals surface area contributed by atoms with Crippen LogP contribution >= 0.6 is 8.25 Å². The molecule has 1 atom stereocenters. The molecule has 0 aliphatic rings. The normalized spacial score (nSPS) is 12.2. The van der Waals surface area contributed by atoms with E-state index < -0.39 is 8.25 Å². The first-order valence-corrected chi connectivity index (χ1v) is 13.0. The van der Waals surface area contributed by atoms with Gasteiger partial charge in [-0.15, -0.1) is 0 Å². The SMILES string of the molecule is COc1cccc(CCCCCCc2ccc(CNCCCO[PH](=O)O)c3ncccc23)c1. The fourth-order valence-corrected chi connectivity index (χ4v) is 4.38. The van der Waals surface area contributed by atoms with Crippen LogP contribution in [-0.4, -0.2) is 30.1 Å². The standard InChI is InChI=1S/C26H35N2O4P/c1-31-24-12-6-10-21(19-24)9-4-2-3-5-11-22-14-15-23(26-25(22)13-7-17-28-26)20-27-16-8-18-32-33(29)30/h6-7,10,12-15,17,19,27,33H,2-5,8-9,11,16,18,20H2,1H3,(H,29,30). The smallest absolute Gasteiger partial charge is 0.316 e. The van der Waals surface area contributed by atoms with Gasteiger partial charge in [0, 0.05) is 18.1 Å². The zero-order chi connectivity index (χ0) is 23.3. The number of benzene rings is 2. The number of rotatable bonds is 15. The van der Waals surface area contributed by atoms with E-state index in [1.807, 2.05) is 18.3 Å². The lowest BCUT2D eigenvalue weighted by atomic mass is 9.98. The van der Waals surface area contributed by atoms with Crippen LogP contribution in [0.2, 0.25) is 0 Å². The summed E-state index contributed by atoms with van der Waals surface area (Å²) in [6.07, 6.45) is 9.51. The summed E-state index contributed by atoms with van der Waals surface area (Å²) < 4.78 is 20.6. The van der Waals surface area contributed by atoms with Gasteiger partial charge in [-0.1, -0.05) is 43.2 Å². The Kier molecular flexibility index (Phi) is 10.9. The van der Waals surface area contributed by atoms with Crippen molar-refractivity contribution in [1.82, 2.24) is 10.3 Å². The van der Waals surface area contributed by atoms with E-state index in [2.05, 4.69) is 46.7 Å². The molecule has 0 aliphatic carbocycles. The minimum absolute atomic E-state index is 0.290. The van der Waals surface area contributed by atoms with Gasteiger partial charge in [0.05, 0.1) is 19.2 Å². The molecule has 0 bridgehead atoms. The minimum Gasteiger partial charge on any atom is -0.497 e. The van der Waals surface area contributed by atoms with Crippen molar-refractivity contribution < 1.29 is 18.7 Å². The van der Waals surface area contributed by atoms with E-state index in [1.165, 1.54) is 47.8 Å². The molecule has 0 spiro atoms. The van der Waals surface area contributed by atoms with Crippen LogP contribution < -0.4 is 10.1 Å². The van der Waals surface area contributed by atoms with Gasteiger partial charge < -0.3 is 19.5 Å². The predicted molar refractivity (Wildman–Crippen MR) is 134 cm³/mol. The second-order valence-electron chi connectivity index (χ2n) is 8.19. The molecule has 3 aromatic rings. The zero-order valence-corrected chi connectivity index (χ0v) is 20.4. The zero-order valence-electron chi connectivity index (χ0n) is 19.4. The summed E-state index contributed by atoms with van der Waals surface area (Å²) in [4.78, 5) is 13.3. The van der Waals surface area contributed by atoms with Gasteiger partial charge in [0.15, 0.2) is 0 Å². The third kappa shape index (κ3) is 8.56. The fraction of sp³-hybridized carbons (Fsp3) is 0.423. The van der Waals surface area contributed by atoms with Crippen molar-refractivity contribution in [3.63, 3.8) is 0 Å². The molecule has 33 heavy (non-hydrogen) atoms. The number of nitrogens with zero attached hydrogens (tertiary/aromatic N) is 1. The highest BCUT2D eigenvalue weighted by Crippen LogP contribution is 2.23. The van der Waals surface area contributed by atoms with E-state index in [9.17, 15) is 4.57 Å². The lowest BCUT2D eigenvalue weighted by molar-refractivity contribution is 0.276. The fourth-order valence-electron chi connectivity index (χ4n) is 4.06. The van der Waals surface area contributed by atoms with E-state index >= 15 is 0 Å². The molecule has 7 heteroatoms. The molecular weight excluding hydrogens is 435 g/mol. The van der Waals surface area contributed by atoms with Crippen molar-refractivity contribution in [2.24, 2.45) is 0 Å². The molecule has 0 amide bonds. The second kappa shape index (κ2) is 14.1. The summed E-state index contributed by atoms with van der Waals surface area (Å²) in [5.41, 5.74) is 4.92. The number of pyridine rings is 1. The summed E-state index contributed by atoms with van der Waals surface area (Å²) in [6.45, 7) is 1.73. The van der Waals surface area contributed by atoms with Gasteiger partial charge in [-0.3, -0.25) is 9.55 Å². The number of ether oxygens (including phenoxy) is 1. The Bertz CT molecular complexity index is 1030. The number of fused-ring (bicyclic) bond motifs is 1. The van der Waals surface area contributed by atoms with Crippen LogP contribution in [0, 0.1) is 0 Å². The molecule has 0 aliphatic heterocycles. The summed E-state index contributed by atoms with van der Waals surface area (Å²) in [7, 11) is -1.12. The highest BCUT2D eigenvalue weighted by Gasteiger charge is 2.07. The van der Waals surface area contributed by atoms with E-state index in [0.717, 1.165) is 30.7 Å². The lowest BCUT2D eigenvalue weighted by Gasteiger charge is -2.12. The minimum atomic E-state index is -2.83. The Morgan fingerprint density at radius 2 is 1.79 bits per heavy atom. The number of hydrogen-bond donors (Lipinski definition) is 2. The Balaban J connectivity index is 1.44. The molecule has 0 fully saturated rings. The molecule has 2 N–H and O–H groups in total. The summed E-state index contributed by atoms with van der Waals surface area (Å²) in [5.74, 6) is 0.931. The second-order valence-corrected chi connectivity index (χ2v) is 9.01. The van der Waals surface area contributed by atoms with E-state index in [0.29, 0.717) is 19.6 Å². The molecule has 2 aromatic carbocycles. The van der Waals surface area contributed by atoms with Gasteiger partial charge in [0.2, 0.25) is 0 Å². The number of nitrogens with one attached hydrogen (secondary N) is 1. The van der Waals surface area contributed by atoms with Crippen LogP contribution in [0.4, 0.5) is 0 Å². The van der Waals surface area contributed by atoms with Crippen LogP contribution in [-0.2, 0) is 28.5 Å². The molecular formula is C26H35N2O4P. The number of hydrogen-bond acceptors (Lipinski definition) is 5. The van der Waals surface area contributed by atoms with Crippen molar-refractivity contribution in [2.45, 2.75) is 51.5 Å². The lowest BCUT2D eigenvalue weighted by Crippen LogP contribution is -2.16. The summed E-state index contributed by atoms with van der Waals surface area (Å²) in [6, 6.07) is 16.9. The summed E-state index contributed by atoms with van der Waals surface area (Å²) >= 11 is 0. The molecule has 6 nitrogen and oxygen atoms in total. The van der Waals surface area contributed by atoms with Gasteiger partial charge in [-0.25, -0.2) is 0 Å². The van der Waals surface area contributed by atoms with Crippen LogP contribution in [0.1, 0.15) is 48.8 Å². The Hall–Kier alpha value is -2.24. The molecule has 0 radical (unpaired) electrons. The van der Waals surface area contributed by atoms with E-state index in [1.54, 1.807) is 7.11 Å². The molecule has 1 unspecified atom stereocenters. The van der Waals surface area contributed by atoms with Gasteiger partial charge in [0.1, 0.15) is 5.75 Å². The molecule has 178 valence electrons. The van der Waals surface area contributed by atoms with Crippen molar-refractivity contribution in [3.05, 3.63) is 71.4 Å². The topological polar surface area (TPSA) is 80.7 Å². The molecule has 1 aromatic heterocycles. The van der Waals surface area contributed by atoms with Crippen molar-refractivity contribution in [2.75, 3.05) is 20.3 Å². The van der Waals surface area contributed by atoms with Crippen LogP contribution in [0.3, 0.4) is 0 Å². The van der Waals surface area contributed by atoms with E-state index in [-0.39, 0.29) is 0 Å². The highest BCUT2D eigenvalue weighted by molar-refractivity contribution is 7.32. The largest absolute Gasteiger partial charge is 0.497 e. The first kappa shape index (κ1) is 25.4. The quantitative estimate of drug-likeness (QED) is 0.227. The third-order valence-electron chi connectivity index (χ3n) is 5.78. The molecule has 0 saturated carbocycles. The monoisotopic (exact) mass is 470 g/mol. The number of methoxy groups -OCH3 is 1. The third-order valence-corrected chi connectivity index (χ3v) is 6.23. The van der Waals surface area contributed by atoms with Crippen molar-refractivity contribution >= 4 is 19.2 Å². The Morgan fingerprint density at radius 1 is 0.970 bits per heavy atom. The maximum absolute atomic E-state index is 10.6. The van der Waals surface area contributed by atoms with Crippen LogP contribution in [0.25, 0.3) is 10.9 Å². The van der Waals surface area contributed by atoms with Gasteiger partial charge in [-0.05, 0) is 73.5 Å². The predicted octanol–water partition coefficient (Wildman–Crippen LogP) is 5.47.